The van der Waals surface area contributed by atoms with Crippen molar-refractivity contribution in [3.63, 3.8) is 0 Å². The van der Waals surface area contributed by atoms with Crippen LogP contribution in [-0.2, 0) is 6.54 Å². The summed E-state index contributed by atoms with van der Waals surface area (Å²) in [6.07, 6.45) is 8.47. The van der Waals surface area contributed by atoms with E-state index in [0.29, 0.717) is 12.5 Å². The van der Waals surface area contributed by atoms with E-state index in [1.54, 1.807) is 4.68 Å². The van der Waals surface area contributed by atoms with Crippen molar-refractivity contribution >= 4 is 0 Å². The van der Waals surface area contributed by atoms with Gasteiger partial charge in [-0.25, -0.2) is 4.68 Å². The minimum atomic E-state index is 0.132. The van der Waals surface area contributed by atoms with E-state index in [9.17, 15) is 0 Å². The molecule has 0 aliphatic heterocycles. The maximum absolute atomic E-state index is 8.75. The van der Waals surface area contributed by atoms with E-state index in [1.807, 2.05) is 6.20 Å². The molecule has 0 atom stereocenters. The number of nitrogens with zero attached hydrogens (tertiary/aromatic N) is 3. The van der Waals surface area contributed by atoms with Gasteiger partial charge >= 0.3 is 0 Å². The highest BCUT2D eigenvalue weighted by Crippen LogP contribution is 2.30. The molecule has 0 spiro atoms. The molecule has 0 bridgehead atoms. The van der Waals surface area contributed by atoms with Crippen molar-refractivity contribution < 1.29 is 5.11 Å². The average molecular weight is 195 g/mol. The zero-order valence-corrected chi connectivity index (χ0v) is 8.39. The molecule has 1 fully saturated rings. The molecule has 0 unspecified atom stereocenters. The van der Waals surface area contributed by atoms with Gasteiger partial charge in [0.15, 0.2) is 0 Å². The van der Waals surface area contributed by atoms with Gasteiger partial charge in [-0.1, -0.05) is 24.5 Å². The van der Waals surface area contributed by atoms with Gasteiger partial charge in [0.05, 0.1) is 18.8 Å². The van der Waals surface area contributed by atoms with Gasteiger partial charge in [-0.3, -0.25) is 0 Å². The zero-order chi connectivity index (χ0) is 9.80. The summed E-state index contributed by atoms with van der Waals surface area (Å²) in [5.41, 5.74) is 1.11. The average Bonchev–Trinajstić information content (AvgIpc) is 2.68. The smallest absolute Gasteiger partial charge is 0.0857 e. The van der Waals surface area contributed by atoms with E-state index < -0.39 is 0 Å². The van der Waals surface area contributed by atoms with Gasteiger partial charge in [0.25, 0.3) is 0 Å². The van der Waals surface area contributed by atoms with E-state index in [1.165, 1.54) is 32.1 Å². The molecule has 0 saturated heterocycles. The molecule has 78 valence electrons. The molecule has 1 aromatic heterocycles. The first-order chi connectivity index (χ1) is 6.90. The Hall–Kier alpha value is -0.900. The van der Waals surface area contributed by atoms with E-state index in [4.69, 9.17) is 5.11 Å². The van der Waals surface area contributed by atoms with Gasteiger partial charge in [-0.2, -0.15) is 0 Å². The van der Waals surface area contributed by atoms with Crippen LogP contribution in [0.3, 0.4) is 0 Å². The fourth-order valence-corrected chi connectivity index (χ4v) is 2.11. The van der Waals surface area contributed by atoms with Crippen molar-refractivity contribution in [3.05, 3.63) is 11.9 Å². The second-order valence-corrected chi connectivity index (χ2v) is 3.97. The van der Waals surface area contributed by atoms with E-state index >= 15 is 0 Å². The second-order valence-electron chi connectivity index (χ2n) is 3.97. The van der Waals surface area contributed by atoms with Gasteiger partial charge in [-0.15, -0.1) is 5.10 Å². The number of hydrogen-bond donors (Lipinski definition) is 1. The van der Waals surface area contributed by atoms with Gasteiger partial charge in [0.1, 0.15) is 0 Å². The third-order valence-corrected chi connectivity index (χ3v) is 2.91. The molecule has 1 aromatic rings. The van der Waals surface area contributed by atoms with Crippen LogP contribution < -0.4 is 0 Å². The molecule has 1 heterocycles. The largest absolute Gasteiger partial charge is 0.394 e. The van der Waals surface area contributed by atoms with Gasteiger partial charge in [-0.05, 0) is 12.8 Å². The molecule has 2 rings (SSSR count). The summed E-state index contributed by atoms with van der Waals surface area (Å²) in [6, 6.07) is 0. The molecule has 0 aromatic carbocycles. The monoisotopic (exact) mass is 195 g/mol. The van der Waals surface area contributed by atoms with Crippen LogP contribution >= 0.6 is 0 Å². The zero-order valence-electron chi connectivity index (χ0n) is 8.39. The second kappa shape index (κ2) is 4.55. The highest BCUT2D eigenvalue weighted by molar-refractivity contribution is 5.02. The Labute approximate surface area is 83.9 Å². The fourth-order valence-electron chi connectivity index (χ4n) is 2.11. The van der Waals surface area contributed by atoms with Gasteiger partial charge < -0.3 is 5.11 Å². The predicted molar refractivity (Wildman–Crippen MR) is 52.9 cm³/mol. The first kappa shape index (κ1) is 9.65. The summed E-state index contributed by atoms with van der Waals surface area (Å²) >= 11 is 0. The molecular formula is C10H17N3O. The highest BCUT2D eigenvalue weighted by Gasteiger charge is 2.18. The quantitative estimate of drug-likeness (QED) is 0.791. The van der Waals surface area contributed by atoms with Crippen LogP contribution in [0.4, 0.5) is 0 Å². The van der Waals surface area contributed by atoms with Crippen LogP contribution in [0.15, 0.2) is 6.20 Å². The fraction of sp³-hybridized carbons (Fsp3) is 0.800. The third kappa shape index (κ3) is 2.12. The minimum Gasteiger partial charge on any atom is -0.394 e. The molecule has 4 nitrogen and oxygen atoms in total. The maximum atomic E-state index is 8.75. The molecule has 1 N–H and O–H groups in total. The lowest BCUT2D eigenvalue weighted by atomic mass is 9.87. The Morgan fingerprint density at radius 3 is 2.86 bits per heavy atom. The third-order valence-electron chi connectivity index (χ3n) is 2.91. The lowest BCUT2D eigenvalue weighted by molar-refractivity contribution is 0.268. The number of aromatic nitrogens is 3. The van der Waals surface area contributed by atoms with Crippen LogP contribution in [-0.4, -0.2) is 26.7 Å². The summed E-state index contributed by atoms with van der Waals surface area (Å²) < 4.78 is 1.73. The molecule has 1 aliphatic rings. The number of hydrogen-bond acceptors (Lipinski definition) is 3. The summed E-state index contributed by atoms with van der Waals surface area (Å²) in [7, 11) is 0. The predicted octanol–water partition coefficient (Wildman–Crippen LogP) is 1.32. The topological polar surface area (TPSA) is 50.9 Å². The van der Waals surface area contributed by atoms with Crippen LogP contribution in [0.5, 0.6) is 0 Å². The Bertz CT molecular complexity index is 279. The number of aliphatic hydroxyl groups excluding tert-OH is 1. The van der Waals surface area contributed by atoms with Crippen molar-refractivity contribution in [2.75, 3.05) is 6.61 Å². The first-order valence-electron chi connectivity index (χ1n) is 5.41. The molecule has 1 aliphatic carbocycles. The molecule has 14 heavy (non-hydrogen) atoms. The van der Waals surface area contributed by atoms with Crippen LogP contribution in [0.2, 0.25) is 0 Å². The minimum absolute atomic E-state index is 0.132. The van der Waals surface area contributed by atoms with Crippen molar-refractivity contribution in [2.24, 2.45) is 0 Å². The summed E-state index contributed by atoms with van der Waals surface area (Å²) in [5, 5.41) is 16.9. The lowest BCUT2D eigenvalue weighted by Gasteiger charge is -2.18. The maximum Gasteiger partial charge on any atom is 0.0857 e. The van der Waals surface area contributed by atoms with E-state index in [2.05, 4.69) is 10.3 Å². The van der Waals surface area contributed by atoms with E-state index in [0.717, 1.165) is 5.69 Å². The molecular weight excluding hydrogens is 178 g/mol. The Kier molecular flexibility index (Phi) is 3.14. The molecule has 0 amide bonds. The summed E-state index contributed by atoms with van der Waals surface area (Å²) in [4.78, 5) is 0. The van der Waals surface area contributed by atoms with Crippen molar-refractivity contribution in [2.45, 2.75) is 44.6 Å². The Balaban J connectivity index is 2.00. The lowest BCUT2D eigenvalue weighted by Crippen LogP contribution is -2.05. The van der Waals surface area contributed by atoms with Gasteiger partial charge in [0, 0.05) is 12.1 Å². The number of rotatable bonds is 3. The Morgan fingerprint density at radius 1 is 1.36 bits per heavy atom. The van der Waals surface area contributed by atoms with Crippen molar-refractivity contribution in [1.29, 1.82) is 0 Å². The standard InChI is InChI=1S/C10H17N3O/c14-7-6-13-8-10(11-12-13)9-4-2-1-3-5-9/h8-9,14H,1-7H2. The number of aliphatic hydroxyl groups is 1. The van der Waals surface area contributed by atoms with Crippen molar-refractivity contribution in [3.8, 4) is 0 Å². The van der Waals surface area contributed by atoms with Crippen LogP contribution in [0.1, 0.15) is 43.7 Å². The normalized spacial score (nSPS) is 18.6. The molecule has 1 saturated carbocycles. The van der Waals surface area contributed by atoms with Crippen LogP contribution in [0, 0.1) is 0 Å². The van der Waals surface area contributed by atoms with Crippen LogP contribution in [0.25, 0.3) is 0 Å². The SMILES string of the molecule is OCCn1cc(C2CCCCC2)nn1. The Morgan fingerprint density at radius 2 is 2.14 bits per heavy atom. The first-order valence-corrected chi connectivity index (χ1v) is 5.41. The van der Waals surface area contributed by atoms with Crippen molar-refractivity contribution in [1.82, 2.24) is 15.0 Å². The van der Waals surface area contributed by atoms with E-state index in [-0.39, 0.29) is 6.61 Å². The molecule has 4 heteroatoms. The summed E-state index contributed by atoms with van der Waals surface area (Å²) in [6.45, 7) is 0.688. The summed E-state index contributed by atoms with van der Waals surface area (Å²) in [5.74, 6) is 0.608. The highest BCUT2D eigenvalue weighted by atomic mass is 16.3. The van der Waals surface area contributed by atoms with Gasteiger partial charge in [0.2, 0.25) is 0 Å². The molecule has 0 radical (unpaired) electrons.